The average Bonchev–Trinajstić information content (AvgIpc) is 2.51. The maximum Gasteiger partial charge on any atom is -0.00984 e. The van der Waals surface area contributed by atoms with Gasteiger partial charge in [-0.2, -0.15) is 0 Å². The Balaban J connectivity index is 2.96. The molecule has 0 saturated carbocycles. The molecule has 0 nitrogen and oxygen atoms in total. The number of hydrogen-bond donors (Lipinski definition) is 0. The summed E-state index contributed by atoms with van der Waals surface area (Å²) in [5, 5.41) is 0. The lowest BCUT2D eigenvalue weighted by Crippen LogP contribution is -2.28. The fourth-order valence-electron chi connectivity index (χ4n) is 5.01. The summed E-state index contributed by atoms with van der Waals surface area (Å²) in [6.45, 7) is 26.8. The van der Waals surface area contributed by atoms with Crippen molar-refractivity contribution in [2.24, 2.45) is 10.8 Å². The molecule has 0 aromatic heterocycles. The molecular formula is C27H44. The molecule has 0 saturated heterocycles. The van der Waals surface area contributed by atoms with E-state index in [4.69, 9.17) is 0 Å². The zero-order valence-electron chi connectivity index (χ0n) is 19.4. The van der Waals surface area contributed by atoms with Crippen LogP contribution in [0.1, 0.15) is 98.6 Å². The first-order chi connectivity index (χ1) is 12.2. The molecule has 1 rings (SSSR count). The quantitative estimate of drug-likeness (QED) is 0.343. The highest BCUT2D eigenvalue weighted by molar-refractivity contribution is 5.32. The normalized spacial score (nSPS) is 13.5. The summed E-state index contributed by atoms with van der Waals surface area (Å²) >= 11 is 0. The van der Waals surface area contributed by atoms with Crippen LogP contribution in [-0.2, 0) is 10.8 Å². The van der Waals surface area contributed by atoms with E-state index in [1.807, 2.05) is 6.08 Å². The van der Waals surface area contributed by atoms with Crippen LogP contribution in [0.25, 0.3) is 0 Å². The molecule has 0 bridgehead atoms. The monoisotopic (exact) mass is 368 g/mol. The van der Waals surface area contributed by atoms with Crippen molar-refractivity contribution in [3.05, 3.63) is 60.7 Å². The predicted molar refractivity (Wildman–Crippen MR) is 124 cm³/mol. The lowest BCUT2D eigenvalue weighted by atomic mass is 9.68. The maximum atomic E-state index is 3.93. The second-order valence-corrected chi connectivity index (χ2v) is 11.3. The van der Waals surface area contributed by atoms with Gasteiger partial charge in [0.15, 0.2) is 0 Å². The van der Waals surface area contributed by atoms with Crippen LogP contribution in [0.3, 0.4) is 0 Å². The van der Waals surface area contributed by atoms with Gasteiger partial charge < -0.3 is 0 Å². The van der Waals surface area contributed by atoms with Crippen LogP contribution in [-0.4, -0.2) is 0 Å². The predicted octanol–water partition coefficient (Wildman–Crippen LogP) is 8.62. The Kier molecular flexibility index (Phi) is 7.74. The Morgan fingerprint density at radius 2 is 1.07 bits per heavy atom. The van der Waals surface area contributed by atoms with Gasteiger partial charge in [0.25, 0.3) is 0 Å². The summed E-state index contributed by atoms with van der Waals surface area (Å²) in [7, 11) is 0. The molecule has 0 spiro atoms. The molecule has 0 heterocycles. The zero-order valence-corrected chi connectivity index (χ0v) is 19.4. The molecule has 1 aromatic rings. The van der Waals surface area contributed by atoms with Crippen LogP contribution in [0.5, 0.6) is 0 Å². The molecule has 0 aliphatic heterocycles. The van der Waals surface area contributed by atoms with E-state index >= 15 is 0 Å². The fraction of sp³-hybridized carbons (Fsp3) is 0.630. The second-order valence-electron chi connectivity index (χ2n) is 11.3. The van der Waals surface area contributed by atoms with E-state index in [0.29, 0.717) is 5.41 Å². The number of allylic oxidation sites excluding steroid dienone is 2. The van der Waals surface area contributed by atoms with Gasteiger partial charge in [0.05, 0.1) is 0 Å². The van der Waals surface area contributed by atoms with Crippen LogP contribution in [0.4, 0.5) is 0 Å². The van der Waals surface area contributed by atoms with Gasteiger partial charge in [-0.3, -0.25) is 0 Å². The highest BCUT2D eigenvalue weighted by atomic mass is 14.4. The summed E-state index contributed by atoms with van der Waals surface area (Å²) in [5.74, 6) is 0. The number of hydrogen-bond acceptors (Lipinski definition) is 0. The van der Waals surface area contributed by atoms with E-state index in [2.05, 4.69) is 98.9 Å². The number of benzene rings is 1. The lowest BCUT2D eigenvalue weighted by molar-refractivity contribution is 0.240. The van der Waals surface area contributed by atoms with Crippen LogP contribution >= 0.6 is 0 Å². The van der Waals surface area contributed by atoms with Gasteiger partial charge in [0.1, 0.15) is 0 Å². The van der Waals surface area contributed by atoms with Crippen molar-refractivity contribution in [1.82, 2.24) is 0 Å². The van der Waals surface area contributed by atoms with Crippen LogP contribution in [0, 0.1) is 10.8 Å². The second kappa shape index (κ2) is 8.80. The first kappa shape index (κ1) is 23.7. The summed E-state index contributed by atoms with van der Waals surface area (Å²) < 4.78 is 0. The maximum absolute atomic E-state index is 3.93. The zero-order chi connectivity index (χ0) is 20.9. The van der Waals surface area contributed by atoms with Crippen LogP contribution in [0.15, 0.2) is 49.6 Å². The van der Waals surface area contributed by atoms with E-state index in [-0.39, 0.29) is 16.2 Å². The van der Waals surface area contributed by atoms with E-state index in [9.17, 15) is 0 Å². The first-order valence-corrected chi connectivity index (χ1v) is 10.6. The molecule has 0 unspecified atom stereocenters. The van der Waals surface area contributed by atoms with Gasteiger partial charge >= 0.3 is 0 Å². The standard InChI is InChI=1S/C27H44/c1-11-13-19-25(5,6)21-27(9,10)23-16-14-22(15-17-23)26(7,8)20-24(3,4)18-12-2/h11-12,14-17H,1-2,13,18-21H2,3-10H3. The van der Waals surface area contributed by atoms with Gasteiger partial charge in [-0.25, -0.2) is 0 Å². The van der Waals surface area contributed by atoms with E-state index in [1.54, 1.807) is 0 Å². The molecule has 0 amide bonds. The smallest absolute Gasteiger partial charge is 0.00984 e. The molecule has 0 heteroatoms. The van der Waals surface area contributed by atoms with E-state index < -0.39 is 0 Å². The van der Waals surface area contributed by atoms with Crippen LogP contribution in [0.2, 0.25) is 0 Å². The third kappa shape index (κ3) is 7.32. The topological polar surface area (TPSA) is 0 Å². The van der Waals surface area contributed by atoms with Gasteiger partial charge in [-0.15, -0.1) is 13.2 Å². The van der Waals surface area contributed by atoms with Crippen molar-refractivity contribution in [2.75, 3.05) is 0 Å². The first-order valence-electron chi connectivity index (χ1n) is 10.6. The molecule has 1 aromatic carbocycles. The minimum absolute atomic E-state index is 0.165. The highest BCUT2D eigenvalue weighted by Crippen LogP contribution is 2.42. The Hall–Kier alpha value is -1.30. The molecule has 0 atom stereocenters. The molecule has 0 radical (unpaired) electrons. The molecule has 152 valence electrons. The van der Waals surface area contributed by atoms with Crippen molar-refractivity contribution >= 4 is 0 Å². The van der Waals surface area contributed by atoms with Crippen molar-refractivity contribution in [3.63, 3.8) is 0 Å². The highest BCUT2D eigenvalue weighted by Gasteiger charge is 2.32. The van der Waals surface area contributed by atoms with Gasteiger partial charge in [0.2, 0.25) is 0 Å². The number of rotatable bonds is 11. The Morgan fingerprint density at radius 1 is 0.667 bits per heavy atom. The minimum Gasteiger partial charge on any atom is -0.103 e. The largest absolute Gasteiger partial charge is 0.103 e. The summed E-state index contributed by atoms with van der Waals surface area (Å²) in [4.78, 5) is 0. The van der Waals surface area contributed by atoms with Crippen molar-refractivity contribution < 1.29 is 0 Å². The third-order valence-electron chi connectivity index (χ3n) is 6.01. The molecular weight excluding hydrogens is 324 g/mol. The van der Waals surface area contributed by atoms with E-state index in [0.717, 1.165) is 19.3 Å². The lowest BCUT2D eigenvalue weighted by Gasteiger charge is -2.37. The fourth-order valence-corrected chi connectivity index (χ4v) is 5.01. The van der Waals surface area contributed by atoms with Gasteiger partial charge in [-0.1, -0.05) is 91.8 Å². The molecule has 0 fully saturated rings. The van der Waals surface area contributed by atoms with Gasteiger partial charge in [0, 0.05) is 0 Å². The average molecular weight is 369 g/mol. The molecule has 27 heavy (non-hydrogen) atoms. The van der Waals surface area contributed by atoms with Gasteiger partial charge in [-0.05, 0) is 64.9 Å². The molecule has 0 aliphatic rings. The van der Waals surface area contributed by atoms with Crippen molar-refractivity contribution in [1.29, 1.82) is 0 Å². The summed E-state index contributed by atoms with van der Waals surface area (Å²) in [6, 6.07) is 9.44. The van der Waals surface area contributed by atoms with E-state index in [1.165, 1.54) is 24.0 Å². The Morgan fingerprint density at radius 3 is 1.44 bits per heavy atom. The van der Waals surface area contributed by atoms with Crippen molar-refractivity contribution in [3.8, 4) is 0 Å². The van der Waals surface area contributed by atoms with Crippen LogP contribution < -0.4 is 0 Å². The molecule has 0 N–H and O–H groups in total. The minimum atomic E-state index is 0.165. The van der Waals surface area contributed by atoms with Crippen molar-refractivity contribution in [2.45, 2.75) is 98.3 Å². The Labute approximate surface area is 170 Å². The SMILES string of the molecule is C=CCCC(C)(C)CC(C)(C)c1ccc(C(C)(C)CC(C)(C)CC=C)cc1. The summed E-state index contributed by atoms with van der Waals surface area (Å²) in [6.07, 6.45) is 9.78. The third-order valence-corrected chi connectivity index (χ3v) is 6.01. The molecule has 0 aliphatic carbocycles. The Bertz CT molecular complexity index is 608. The summed E-state index contributed by atoms with van der Waals surface area (Å²) in [5.41, 5.74) is 3.82.